The van der Waals surface area contributed by atoms with E-state index in [1.807, 2.05) is 31.2 Å². The van der Waals surface area contributed by atoms with E-state index in [9.17, 15) is 28.2 Å². The van der Waals surface area contributed by atoms with E-state index in [1.165, 1.54) is 6.07 Å². The van der Waals surface area contributed by atoms with Crippen LogP contribution in [0.2, 0.25) is 0 Å². The summed E-state index contributed by atoms with van der Waals surface area (Å²) in [6.07, 6.45) is 0.220. The Bertz CT molecular complexity index is 1670. The minimum absolute atomic E-state index is 0.00963. The van der Waals surface area contributed by atoms with Crippen LogP contribution in [-0.4, -0.2) is 39.4 Å². The first-order valence-corrected chi connectivity index (χ1v) is 13.4. The van der Waals surface area contributed by atoms with Crippen LogP contribution in [0.15, 0.2) is 58.6 Å². The normalized spacial score (nSPS) is 16.7. The number of carboxylic acid groups (broad SMARTS) is 1. The van der Waals surface area contributed by atoms with Crippen LogP contribution in [0.25, 0.3) is 28.2 Å². The molecule has 1 saturated carbocycles. The predicted octanol–water partition coefficient (Wildman–Crippen LogP) is 6.87. The number of alkyl halides is 3. The molecule has 0 amide bonds. The fraction of sp³-hybridized carbons (Fsp3) is 0.323. The third-order valence-corrected chi connectivity index (χ3v) is 8.39. The molecule has 2 fully saturated rings. The van der Waals surface area contributed by atoms with E-state index >= 15 is 0 Å². The number of hydrogen-bond donors (Lipinski definition) is 2. The van der Waals surface area contributed by atoms with Crippen molar-refractivity contribution in [2.75, 3.05) is 18.0 Å². The summed E-state index contributed by atoms with van der Waals surface area (Å²) in [4.78, 5) is 17.8. The number of hydrogen-bond acceptors (Lipinski definition) is 6. The van der Waals surface area contributed by atoms with E-state index in [0.29, 0.717) is 22.0 Å². The summed E-state index contributed by atoms with van der Waals surface area (Å²) >= 11 is 0. The highest BCUT2D eigenvalue weighted by atomic mass is 19.4. The second-order valence-corrected chi connectivity index (χ2v) is 11.1. The first-order valence-electron chi connectivity index (χ1n) is 13.4. The molecule has 2 aromatic carbocycles. The highest BCUT2D eigenvalue weighted by Gasteiger charge is 2.44. The SMILES string of the molecule is Cc1ccccc1-c1noc(C(F)(F)F)c1C=C1CC2(CCN(c3ccc4nc(C(=O)O)cc(CO)c4c3)CC2)C1. The number of rotatable bonds is 5. The number of carboxylic acids is 1. The molecule has 1 aliphatic carbocycles. The Balaban J connectivity index is 1.19. The Morgan fingerprint density at radius 2 is 1.85 bits per heavy atom. The topological polar surface area (TPSA) is 99.7 Å². The lowest BCUT2D eigenvalue weighted by Gasteiger charge is -2.50. The van der Waals surface area contributed by atoms with Crippen LogP contribution in [0.5, 0.6) is 0 Å². The van der Waals surface area contributed by atoms with Gasteiger partial charge in [0.2, 0.25) is 5.76 Å². The number of aliphatic hydroxyl groups excluding tert-OH is 1. The number of aliphatic hydroxyl groups is 1. The molecule has 1 saturated heterocycles. The molecule has 4 aromatic rings. The fourth-order valence-electron chi connectivity index (χ4n) is 6.20. The van der Waals surface area contributed by atoms with Crippen molar-refractivity contribution >= 4 is 28.6 Å². The van der Waals surface area contributed by atoms with E-state index < -0.39 is 17.9 Å². The van der Waals surface area contributed by atoms with Gasteiger partial charge in [0.1, 0.15) is 11.4 Å². The van der Waals surface area contributed by atoms with Gasteiger partial charge in [-0.1, -0.05) is 35.0 Å². The first-order chi connectivity index (χ1) is 19.6. The first kappa shape index (κ1) is 27.0. The van der Waals surface area contributed by atoms with E-state index in [4.69, 9.17) is 4.52 Å². The Morgan fingerprint density at radius 1 is 1.12 bits per heavy atom. The summed E-state index contributed by atoms with van der Waals surface area (Å²) in [5, 5.41) is 23.7. The highest BCUT2D eigenvalue weighted by Crippen LogP contribution is 2.54. The van der Waals surface area contributed by atoms with Crippen LogP contribution >= 0.6 is 0 Å². The smallest absolute Gasteiger partial charge is 0.453 e. The third kappa shape index (κ3) is 4.97. The van der Waals surface area contributed by atoms with Crippen LogP contribution in [0.3, 0.4) is 0 Å². The number of carbonyl (C=O) groups is 1. The van der Waals surface area contributed by atoms with Crippen molar-refractivity contribution < 1.29 is 32.7 Å². The molecule has 0 atom stereocenters. The molecule has 0 unspecified atom stereocenters. The Morgan fingerprint density at radius 3 is 2.51 bits per heavy atom. The largest absolute Gasteiger partial charge is 0.477 e. The number of aryl methyl sites for hydroxylation is 1. The third-order valence-electron chi connectivity index (χ3n) is 8.39. The maximum Gasteiger partial charge on any atom is 0.453 e. The summed E-state index contributed by atoms with van der Waals surface area (Å²) in [7, 11) is 0. The molecule has 2 aromatic heterocycles. The van der Waals surface area contributed by atoms with Gasteiger partial charge in [-0.15, -0.1) is 0 Å². The molecular weight excluding hydrogens is 535 g/mol. The second-order valence-electron chi connectivity index (χ2n) is 11.1. The van der Waals surface area contributed by atoms with Crippen molar-refractivity contribution in [2.24, 2.45) is 5.41 Å². The molecule has 41 heavy (non-hydrogen) atoms. The average molecular weight is 564 g/mol. The van der Waals surface area contributed by atoms with Crippen molar-refractivity contribution in [3.8, 4) is 11.3 Å². The molecule has 0 radical (unpaired) electrons. The molecule has 10 heteroatoms. The molecule has 7 nitrogen and oxygen atoms in total. The number of allylic oxidation sites excluding steroid dienone is 1. The molecule has 1 spiro atoms. The van der Waals surface area contributed by atoms with Crippen LogP contribution in [-0.2, 0) is 12.8 Å². The van der Waals surface area contributed by atoms with E-state index in [2.05, 4.69) is 15.0 Å². The molecule has 2 N–H and O–H groups in total. The quantitative estimate of drug-likeness (QED) is 0.273. The molecule has 6 rings (SSSR count). The van der Waals surface area contributed by atoms with Gasteiger partial charge >= 0.3 is 12.1 Å². The molecule has 212 valence electrons. The zero-order valence-corrected chi connectivity index (χ0v) is 22.3. The Labute approximate surface area is 233 Å². The zero-order valence-electron chi connectivity index (χ0n) is 22.3. The monoisotopic (exact) mass is 563 g/mol. The lowest BCUT2D eigenvalue weighted by atomic mass is 9.60. The van der Waals surface area contributed by atoms with E-state index in [1.54, 1.807) is 24.3 Å². The number of piperidine rings is 1. The lowest BCUT2D eigenvalue weighted by molar-refractivity contribution is -0.155. The van der Waals surface area contributed by atoms with Gasteiger partial charge in [-0.25, -0.2) is 9.78 Å². The highest BCUT2D eigenvalue weighted by molar-refractivity contribution is 5.92. The average Bonchev–Trinajstić information content (AvgIpc) is 3.36. The van der Waals surface area contributed by atoms with Gasteiger partial charge in [-0.3, -0.25) is 0 Å². The Hall–Kier alpha value is -4.18. The molecule has 1 aliphatic heterocycles. The molecular formula is C31H28F3N3O4. The van der Waals surface area contributed by atoms with E-state index in [-0.39, 0.29) is 29.0 Å². The maximum atomic E-state index is 13.8. The summed E-state index contributed by atoms with van der Waals surface area (Å²) in [5.74, 6) is -2.21. The summed E-state index contributed by atoms with van der Waals surface area (Å²) in [6.45, 7) is 3.10. The van der Waals surface area contributed by atoms with Crippen LogP contribution in [0, 0.1) is 12.3 Å². The Kier molecular flexibility index (Phi) is 6.60. The van der Waals surface area contributed by atoms with Crippen molar-refractivity contribution in [3.05, 3.63) is 82.2 Å². The number of benzene rings is 2. The molecule has 0 bridgehead atoms. The zero-order chi connectivity index (χ0) is 28.9. The fourth-order valence-corrected chi connectivity index (χ4v) is 6.20. The van der Waals surface area contributed by atoms with Crippen LogP contribution in [0.4, 0.5) is 18.9 Å². The van der Waals surface area contributed by atoms with Gasteiger partial charge in [0.05, 0.1) is 17.7 Å². The number of fused-ring (bicyclic) bond motifs is 1. The summed E-state index contributed by atoms with van der Waals surface area (Å²) in [5.41, 5.74) is 4.52. The van der Waals surface area contributed by atoms with Crippen molar-refractivity contribution in [1.29, 1.82) is 0 Å². The van der Waals surface area contributed by atoms with Gasteiger partial charge < -0.3 is 19.6 Å². The summed E-state index contributed by atoms with van der Waals surface area (Å²) < 4.78 is 46.2. The van der Waals surface area contributed by atoms with Crippen molar-refractivity contribution in [2.45, 2.75) is 45.4 Å². The number of nitrogens with zero attached hydrogens (tertiary/aromatic N) is 3. The van der Waals surface area contributed by atoms with Gasteiger partial charge in [-0.2, -0.15) is 13.2 Å². The number of pyridine rings is 1. The van der Waals surface area contributed by atoms with Gasteiger partial charge in [0, 0.05) is 29.7 Å². The minimum atomic E-state index is -4.65. The maximum absolute atomic E-state index is 13.8. The van der Waals surface area contributed by atoms with Crippen LogP contribution < -0.4 is 4.90 Å². The van der Waals surface area contributed by atoms with Gasteiger partial charge in [0.15, 0.2) is 0 Å². The number of aromatic carboxylic acids is 1. The summed E-state index contributed by atoms with van der Waals surface area (Å²) in [6, 6.07) is 14.2. The number of aromatic nitrogens is 2. The lowest BCUT2D eigenvalue weighted by Crippen LogP contribution is -2.44. The number of halogens is 3. The van der Waals surface area contributed by atoms with Gasteiger partial charge in [0.25, 0.3) is 0 Å². The van der Waals surface area contributed by atoms with Crippen molar-refractivity contribution in [1.82, 2.24) is 10.1 Å². The minimum Gasteiger partial charge on any atom is -0.477 e. The van der Waals surface area contributed by atoms with E-state index in [0.717, 1.165) is 55.6 Å². The van der Waals surface area contributed by atoms with Crippen LogP contribution in [0.1, 0.15) is 58.6 Å². The second kappa shape index (κ2) is 10.0. The van der Waals surface area contributed by atoms with Gasteiger partial charge in [-0.05, 0) is 79.5 Å². The molecule has 3 heterocycles. The van der Waals surface area contributed by atoms with Crippen molar-refractivity contribution in [3.63, 3.8) is 0 Å². The standard InChI is InChI=1S/C31H28F3N3O4/c1-18-4-2-3-5-22(18)27-24(28(41-36-27)31(32,33)34)12-19-15-30(16-19)8-10-37(11-9-30)21-6-7-25-23(14-21)20(17-38)13-26(35-25)29(39)40/h2-7,12-14,38H,8-11,15-17H2,1H3,(H,39,40). The number of anilines is 1. The predicted molar refractivity (Wildman–Crippen MR) is 147 cm³/mol. The molecule has 2 aliphatic rings.